The Labute approximate surface area is 106 Å². The normalized spacial score (nSPS) is 15.6. The van der Waals surface area contributed by atoms with E-state index >= 15 is 0 Å². The molecule has 0 saturated heterocycles. The Kier molecular flexibility index (Phi) is 3.97. The molecule has 1 aromatic rings. The number of carbonyl (C=O) groups excluding carboxylic acids is 1. The van der Waals surface area contributed by atoms with Gasteiger partial charge in [-0.05, 0) is 38.3 Å². The minimum absolute atomic E-state index is 0.292. The molecule has 0 atom stereocenters. The zero-order valence-corrected chi connectivity index (χ0v) is 10.5. The first-order valence-electron chi connectivity index (χ1n) is 6.28. The highest BCUT2D eigenvalue weighted by atomic mass is 16.5. The van der Waals surface area contributed by atoms with Crippen molar-refractivity contribution < 1.29 is 14.6 Å². The van der Waals surface area contributed by atoms with Crippen molar-refractivity contribution in [2.45, 2.75) is 32.6 Å². The van der Waals surface area contributed by atoms with Crippen LogP contribution in [0.1, 0.15) is 48.8 Å². The standard InChI is InChI=1S/C14H17NO3/c1-2-18-14(17)12-8-5-7-11(15-12)10-6-3-4-9-13(10)16/h5,7-8,16H,2-4,6,9H2,1H3. The molecule has 0 radical (unpaired) electrons. The quantitative estimate of drug-likeness (QED) is 0.834. The lowest BCUT2D eigenvalue weighted by atomic mass is 9.95. The molecule has 0 saturated carbocycles. The molecule has 0 amide bonds. The summed E-state index contributed by atoms with van der Waals surface area (Å²) in [6.45, 7) is 2.09. The number of nitrogens with zero attached hydrogens (tertiary/aromatic N) is 1. The Morgan fingerprint density at radius 3 is 2.89 bits per heavy atom. The molecule has 0 spiro atoms. The maximum absolute atomic E-state index is 11.6. The van der Waals surface area contributed by atoms with Gasteiger partial charge in [0.25, 0.3) is 0 Å². The molecule has 18 heavy (non-hydrogen) atoms. The van der Waals surface area contributed by atoms with Crippen molar-refractivity contribution >= 4 is 11.5 Å². The van der Waals surface area contributed by atoms with E-state index in [9.17, 15) is 9.90 Å². The van der Waals surface area contributed by atoms with E-state index < -0.39 is 5.97 Å². The Balaban J connectivity index is 2.29. The summed E-state index contributed by atoms with van der Waals surface area (Å²) in [5.74, 6) is -0.0231. The number of aliphatic hydroxyl groups excluding tert-OH is 1. The molecule has 4 heteroatoms. The minimum Gasteiger partial charge on any atom is -0.512 e. The van der Waals surface area contributed by atoms with Crippen molar-refractivity contribution in [1.29, 1.82) is 0 Å². The average Bonchev–Trinajstić information content (AvgIpc) is 2.40. The fourth-order valence-corrected chi connectivity index (χ4v) is 2.09. The van der Waals surface area contributed by atoms with Crippen molar-refractivity contribution in [2.75, 3.05) is 6.61 Å². The molecular formula is C14H17NO3. The van der Waals surface area contributed by atoms with Gasteiger partial charge >= 0.3 is 5.97 Å². The third-order valence-electron chi connectivity index (χ3n) is 2.98. The molecule has 2 rings (SSSR count). The van der Waals surface area contributed by atoms with Crippen molar-refractivity contribution in [2.24, 2.45) is 0 Å². The summed E-state index contributed by atoms with van der Waals surface area (Å²) >= 11 is 0. The second-order valence-electron chi connectivity index (χ2n) is 4.26. The second-order valence-corrected chi connectivity index (χ2v) is 4.26. The van der Waals surface area contributed by atoms with E-state index in [2.05, 4.69) is 4.98 Å². The largest absolute Gasteiger partial charge is 0.512 e. The molecule has 1 aliphatic rings. The zero-order valence-electron chi connectivity index (χ0n) is 10.5. The topological polar surface area (TPSA) is 59.4 Å². The first-order valence-corrected chi connectivity index (χ1v) is 6.28. The summed E-state index contributed by atoms with van der Waals surface area (Å²) < 4.78 is 4.92. The Morgan fingerprint density at radius 1 is 1.39 bits per heavy atom. The van der Waals surface area contributed by atoms with Crippen LogP contribution in [0.3, 0.4) is 0 Å². The van der Waals surface area contributed by atoms with Crippen LogP contribution >= 0.6 is 0 Å². The first kappa shape index (κ1) is 12.6. The molecule has 0 unspecified atom stereocenters. The maximum atomic E-state index is 11.6. The monoisotopic (exact) mass is 247 g/mol. The van der Waals surface area contributed by atoms with Crippen LogP contribution in [0.5, 0.6) is 0 Å². The third-order valence-corrected chi connectivity index (χ3v) is 2.98. The van der Waals surface area contributed by atoms with Crippen LogP contribution in [0, 0.1) is 0 Å². The molecule has 0 fully saturated rings. The summed E-state index contributed by atoms with van der Waals surface area (Å²) in [5.41, 5.74) is 1.82. The van der Waals surface area contributed by atoms with Crippen LogP contribution < -0.4 is 0 Å². The van der Waals surface area contributed by atoms with Crippen molar-refractivity contribution in [3.8, 4) is 0 Å². The molecule has 1 aliphatic carbocycles. The van der Waals surface area contributed by atoms with E-state index in [-0.39, 0.29) is 0 Å². The van der Waals surface area contributed by atoms with Crippen LogP contribution in [0.25, 0.3) is 5.57 Å². The van der Waals surface area contributed by atoms with E-state index in [0.29, 0.717) is 30.2 Å². The third kappa shape index (κ3) is 2.70. The lowest BCUT2D eigenvalue weighted by molar-refractivity contribution is 0.0519. The lowest BCUT2D eigenvalue weighted by Crippen LogP contribution is -2.09. The number of rotatable bonds is 3. The maximum Gasteiger partial charge on any atom is 0.356 e. The number of aliphatic hydroxyl groups is 1. The smallest absolute Gasteiger partial charge is 0.356 e. The highest BCUT2D eigenvalue weighted by Gasteiger charge is 2.16. The molecule has 0 aliphatic heterocycles. The van der Waals surface area contributed by atoms with Gasteiger partial charge in [0.1, 0.15) is 5.69 Å². The van der Waals surface area contributed by atoms with Crippen LogP contribution in [0.2, 0.25) is 0 Å². The number of hydrogen-bond donors (Lipinski definition) is 1. The zero-order chi connectivity index (χ0) is 13.0. The van der Waals surface area contributed by atoms with Crippen molar-refractivity contribution in [3.05, 3.63) is 35.3 Å². The van der Waals surface area contributed by atoms with Gasteiger partial charge in [-0.1, -0.05) is 6.07 Å². The highest BCUT2D eigenvalue weighted by Crippen LogP contribution is 2.29. The molecule has 96 valence electrons. The van der Waals surface area contributed by atoms with Crippen LogP contribution in [0.4, 0.5) is 0 Å². The Hall–Kier alpha value is -1.84. The van der Waals surface area contributed by atoms with Gasteiger partial charge in [-0.15, -0.1) is 0 Å². The van der Waals surface area contributed by atoms with E-state index in [1.807, 2.05) is 6.07 Å². The summed E-state index contributed by atoms with van der Waals surface area (Å²) in [4.78, 5) is 15.9. The highest BCUT2D eigenvalue weighted by molar-refractivity contribution is 5.87. The summed E-state index contributed by atoms with van der Waals surface area (Å²) in [5, 5.41) is 9.88. The van der Waals surface area contributed by atoms with Gasteiger partial charge in [-0.2, -0.15) is 0 Å². The van der Waals surface area contributed by atoms with Gasteiger partial charge in [-0.3, -0.25) is 0 Å². The lowest BCUT2D eigenvalue weighted by Gasteiger charge is -2.15. The molecule has 4 nitrogen and oxygen atoms in total. The van der Waals surface area contributed by atoms with Crippen molar-refractivity contribution in [3.63, 3.8) is 0 Å². The Bertz CT molecular complexity index is 480. The minimum atomic E-state index is -0.421. The van der Waals surface area contributed by atoms with Gasteiger partial charge in [0.15, 0.2) is 0 Å². The van der Waals surface area contributed by atoms with E-state index in [1.54, 1.807) is 19.1 Å². The summed E-state index contributed by atoms with van der Waals surface area (Å²) in [7, 11) is 0. The van der Waals surface area contributed by atoms with Gasteiger partial charge in [0.05, 0.1) is 18.1 Å². The van der Waals surface area contributed by atoms with Gasteiger partial charge in [0, 0.05) is 12.0 Å². The van der Waals surface area contributed by atoms with Gasteiger partial charge in [0.2, 0.25) is 0 Å². The molecule has 0 aromatic carbocycles. The molecule has 1 N–H and O–H groups in total. The molecule has 0 bridgehead atoms. The summed E-state index contributed by atoms with van der Waals surface area (Å²) in [6, 6.07) is 5.21. The molecule has 1 aromatic heterocycles. The van der Waals surface area contributed by atoms with E-state index in [0.717, 1.165) is 24.8 Å². The number of carbonyl (C=O) groups is 1. The van der Waals surface area contributed by atoms with E-state index in [1.165, 1.54) is 0 Å². The molecular weight excluding hydrogens is 230 g/mol. The number of esters is 1. The Morgan fingerprint density at radius 2 is 2.17 bits per heavy atom. The fraction of sp³-hybridized carbons (Fsp3) is 0.429. The number of hydrogen-bond acceptors (Lipinski definition) is 4. The van der Waals surface area contributed by atoms with Crippen LogP contribution in [0.15, 0.2) is 24.0 Å². The van der Waals surface area contributed by atoms with Gasteiger partial charge in [-0.25, -0.2) is 9.78 Å². The fourth-order valence-electron chi connectivity index (χ4n) is 2.09. The molecule has 1 heterocycles. The number of pyridine rings is 1. The first-order chi connectivity index (χ1) is 8.72. The van der Waals surface area contributed by atoms with Crippen LogP contribution in [-0.2, 0) is 4.74 Å². The predicted molar refractivity (Wildman–Crippen MR) is 68.2 cm³/mol. The number of ether oxygens (including phenoxy) is 1. The number of allylic oxidation sites excluding steroid dienone is 2. The van der Waals surface area contributed by atoms with Gasteiger partial charge < -0.3 is 9.84 Å². The second kappa shape index (κ2) is 5.67. The van der Waals surface area contributed by atoms with Crippen molar-refractivity contribution in [1.82, 2.24) is 4.98 Å². The summed E-state index contributed by atoms with van der Waals surface area (Å²) in [6.07, 6.45) is 3.56. The predicted octanol–water partition coefficient (Wildman–Crippen LogP) is 3.10. The number of aromatic nitrogens is 1. The van der Waals surface area contributed by atoms with Crippen LogP contribution in [-0.4, -0.2) is 22.7 Å². The average molecular weight is 247 g/mol. The van der Waals surface area contributed by atoms with E-state index in [4.69, 9.17) is 4.74 Å². The SMILES string of the molecule is CCOC(=O)c1cccc(C2=C(O)CCCC2)n1.